The topological polar surface area (TPSA) is 95.9 Å². The summed E-state index contributed by atoms with van der Waals surface area (Å²) < 4.78 is 19.5. The standard InChI is InChI=1S/C25H31ClFNO5/c1-24(2,3)33-23(32)28-19(15-25(4,11-12-29)22(30)31)13-16-5-7-17(8-6-16)20-14-18(26)9-10-21(20)27/h5-10,14,19,29H,11-13,15H2,1-4H3,(H,28,32)(H,30,31)/t19-,25?/m1/s1. The zero-order valence-corrected chi connectivity index (χ0v) is 20.1. The Balaban J connectivity index is 2.26. The largest absolute Gasteiger partial charge is 0.481 e. The molecule has 8 heteroatoms. The number of aliphatic hydroxyl groups is 1. The van der Waals surface area contributed by atoms with E-state index >= 15 is 0 Å². The minimum absolute atomic E-state index is 0.0435. The van der Waals surface area contributed by atoms with Gasteiger partial charge in [-0.1, -0.05) is 35.9 Å². The number of hydrogen-bond acceptors (Lipinski definition) is 4. The molecular weight excluding hydrogens is 449 g/mol. The quantitative estimate of drug-likeness (QED) is 0.444. The van der Waals surface area contributed by atoms with E-state index in [1.807, 2.05) is 0 Å². The van der Waals surface area contributed by atoms with Crippen LogP contribution in [0.15, 0.2) is 42.5 Å². The van der Waals surface area contributed by atoms with Crippen molar-refractivity contribution in [2.45, 2.75) is 58.6 Å². The number of amides is 1. The van der Waals surface area contributed by atoms with Gasteiger partial charge in [-0.3, -0.25) is 4.79 Å². The first-order valence-corrected chi connectivity index (χ1v) is 11.1. The first kappa shape index (κ1) is 26.6. The number of carboxylic acid groups (broad SMARTS) is 1. The van der Waals surface area contributed by atoms with E-state index in [-0.39, 0.29) is 19.4 Å². The molecule has 0 heterocycles. The molecule has 0 aliphatic rings. The van der Waals surface area contributed by atoms with Crippen LogP contribution in [-0.2, 0) is 16.0 Å². The van der Waals surface area contributed by atoms with Crippen LogP contribution in [0, 0.1) is 11.2 Å². The lowest BCUT2D eigenvalue weighted by Crippen LogP contribution is -2.44. The van der Waals surface area contributed by atoms with Gasteiger partial charge in [-0.2, -0.15) is 0 Å². The zero-order chi connectivity index (χ0) is 24.8. The van der Waals surface area contributed by atoms with Gasteiger partial charge in [-0.15, -0.1) is 0 Å². The van der Waals surface area contributed by atoms with Crippen molar-refractivity contribution >= 4 is 23.7 Å². The number of hydrogen-bond donors (Lipinski definition) is 3. The minimum atomic E-state index is -1.24. The number of benzene rings is 2. The highest BCUT2D eigenvalue weighted by Gasteiger charge is 2.36. The van der Waals surface area contributed by atoms with Crippen LogP contribution in [0.4, 0.5) is 9.18 Å². The SMILES string of the molecule is CC(C)(C)OC(=O)N[C@H](Cc1ccc(-c2cc(Cl)ccc2F)cc1)CC(C)(CCO)C(=O)O. The van der Waals surface area contributed by atoms with E-state index in [2.05, 4.69) is 5.32 Å². The normalized spacial score (nSPS) is 14.3. The summed E-state index contributed by atoms with van der Waals surface area (Å²) in [6, 6.07) is 10.9. The number of alkyl carbamates (subject to hydrolysis) is 1. The van der Waals surface area contributed by atoms with Gasteiger partial charge in [0.2, 0.25) is 0 Å². The Morgan fingerprint density at radius 3 is 2.30 bits per heavy atom. The number of rotatable bonds is 9. The van der Waals surface area contributed by atoms with E-state index in [0.717, 1.165) is 5.56 Å². The molecule has 0 saturated carbocycles. The fourth-order valence-electron chi connectivity index (χ4n) is 3.56. The molecule has 0 radical (unpaired) electrons. The number of aliphatic hydroxyl groups excluding tert-OH is 1. The van der Waals surface area contributed by atoms with Crippen molar-refractivity contribution in [1.82, 2.24) is 5.32 Å². The zero-order valence-electron chi connectivity index (χ0n) is 19.3. The fourth-order valence-corrected chi connectivity index (χ4v) is 3.73. The summed E-state index contributed by atoms with van der Waals surface area (Å²) in [5.74, 6) is -1.45. The maximum atomic E-state index is 14.2. The van der Waals surface area contributed by atoms with Crippen molar-refractivity contribution in [1.29, 1.82) is 0 Å². The maximum Gasteiger partial charge on any atom is 0.407 e. The summed E-state index contributed by atoms with van der Waals surface area (Å²) in [6.45, 7) is 6.47. The van der Waals surface area contributed by atoms with E-state index < -0.39 is 34.9 Å². The number of nitrogens with one attached hydrogen (secondary N) is 1. The highest BCUT2D eigenvalue weighted by Crippen LogP contribution is 2.30. The van der Waals surface area contributed by atoms with E-state index in [1.165, 1.54) is 12.1 Å². The second-order valence-corrected chi connectivity index (χ2v) is 9.85. The van der Waals surface area contributed by atoms with Crippen molar-refractivity contribution in [2.75, 3.05) is 6.61 Å². The average molecular weight is 480 g/mol. The van der Waals surface area contributed by atoms with Crippen LogP contribution in [0.2, 0.25) is 5.02 Å². The van der Waals surface area contributed by atoms with Gasteiger partial charge in [0.1, 0.15) is 11.4 Å². The molecule has 0 fully saturated rings. The van der Waals surface area contributed by atoms with Gasteiger partial charge < -0.3 is 20.3 Å². The van der Waals surface area contributed by atoms with Crippen molar-refractivity contribution in [3.63, 3.8) is 0 Å². The molecule has 2 rings (SSSR count). The van der Waals surface area contributed by atoms with Gasteiger partial charge >= 0.3 is 12.1 Å². The Bertz CT molecular complexity index is 974. The van der Waals surface area contributed by atoms with E-state index in [1.54, 1.807) is 58.0 Å². The molecule has 0 bridgehead atoms. The number of carboxylic acids is 1. The molecule has 0 aliphatic heterocycles. The molecule has 0 saturated heterocycles. The fraction of sp³-hybridized carbons (Fsp3) is 0.440. The lowest BCUT2D eigenvalue weighted by atomic mass is 9.79. The van der Waals surface area contributed by atoms with Gasteiger partial charge in [0.15, 0.2) is 0 Å². The lowest BCUT2D eigenvalue weighted by molar-refractivity contribution is -0.149. The lowest BCUT2D eigenvalue weighted by Gasteiger charge is -2.30. The Kier molecular flexibility index (Phi) is 8.86. The van der Waals surface area contributed by atoms with E-state index in [4.69, 9.17) is 16.3 Å². The monoisotopic (exact) mass is 479 g/mol. The Morgan fingerprint density at radius 1 is 1.12 bits per heavy atom. The summed E-state index contributed by atoms with van der Waals surface area (Å²) in [5.41, 5.74) is -0.111. The Morgan fingerprint density at radius 2 is 1.76 bits per heavy atom. The maximum absolute atomic E-state index is 14.2. The third-order valence-corrected chi connectivity index (χ3v) is 5.51. The van der Waals surface area contributed by atoms with Crippen LogP contribution in [0.25, 0.3) is 11.1 Å². The number of aliphatic carboxylic acids is 1. The van der Waals surface area contributed by atoms with Gasteiger partial charge in [-0.05, 0) is 76.3 Å². The van der Waals surface area contributed by atoms with Crippen LogP contribution >= 0.6 is 11.6 Å². The van der Waals surface area contributed by atoms with Crippen LogP contribution in [0.5, 0.6) is 0 Å². The van der Waals surface area contributed by atoms with Gasteiger partial charge in [0.25, 0.3) is 0 Å². The molecular formula is C25H31ClFNO5. The third-order valence-electron chi connectivity index (χ3n) is 5.27. The smallest absolute Gasteiger partial charge is 0.407 e. The van der Waals surface area contributed by atoms with E-state index in [9.17, 15) is 24.2 Å². The highest BCUT2D eigenvalue weighted by molar-refractivity contribution is 6.30. The summed E-state index contributed by atoms with van der Waals surface area (Å²) in [7, 11) is 0. The number of carbonyl (C=O) groups is 2. The molecule has 1 unspecified atom stereocenters. The highest BCUT2D eigenvalue weighted by atomic mass is 35.5. The molecule has 2 aromatic carbocycles. The average Bonchev–Trinajstić information content (AvgIpc) is 2.69. The van der Waals surface area contributed by atoms with Gasteiger partial charge in [0, 0.05) is 23.2 Å². The molecule has 3 N–H and O–H groups in total. The summed E-state index contributed by atoms with van der Waals surface area (Å²) in [4.78, 5) is 24.3. The van der Waals surface area contributed by atoms with Crippen LogP contribution < -0.4 is 5.32 Å². The van der Waals surface area contributed by atoms with Crippen LogP contribution in [0.3, 0.4) is 0 Å². The summed E-state index contributed by atoms with van der Waals surface area (Å²) in [6.07, 6.45) is -0.192. The molecule has 33 heavy (non-hydrogen) atoms. The first-order valence-electron chi connectivity index (χ1n) is 10.7. The molecule has 6 nitrogen and oxygen atoms in total. The molecule has 0 aliphatic carbocycles. The van der Waals surface area contributed by atoms with Crippen molar-refractivity contribution in [2.24, 2.45) is 5.41 Å². The van der Waals surface area contributed by atoms with Gasteiger partial charge in [0.05, 0.1) is 5.41 Å². The third kappa shape index (κ3) is 8.02. The molecule has 2 atom stereocenters. The number of carbonyl (C=O) groups excluding carboxylic acids is 1. The Hall–Kier alpha value is -2.64. The van der Waals surface area contributed by atoms with Crippen LogP contribution in [0.1, 0.15) is 46.1 Å². The number of halogens is 2. The minimum Gasteiger partial charge on any atom is -0.481 e. The molecule has 180 valence electrons. The van der Waals surface area contributed by atoms with Crippen molar-refractivity contribution < 1.29 is 28.9 Å². The number of ether oxygens (including phenoxy) is 1. The second-order valence-electron chi connectivity index (χ2n) is 9.41. The summed E-state index contributed by atoms with van der Waals surface area (Å²) >= 11 is 5.99. The van der Waals surface area contributed by atoms with E-state index in [0.29, 0.717) is 22.6 Å². The molecule has 0 spiro atoms. The summed E-state index contributed by atoms with van der Waals surface area (Å²) in [5, 5.41) is 22.3. The predicted octanol–water partition coefficient (Wildman–Crippen LogP) is 5.45. The Labute approximate surface area is 198 Å². The molecule has 0 aromatic heterocycles. The molecule has 1 amide bonds. The molecule has 2 aromatic rings. The predicted molar refractivity (Wildman–Crippen MR) is 126 cm³/mol. The van der Waals surface area contributed by atoms with Crippen molar-refractivity contribution in [3.8, 4) is 11.1 Å². The second kappa shape index (κ2) is 11.0. The van der Waals surface area contributed by atoms with Crippen LogP contribution in [-0.4, -0.2) is 40.5 Å². The first-order chi connectivity index (χ1) is 15.3. The van der Waals surface area contributed by atoms with Gasteiger partial charge in [-0.25, -0.2) is 9.18 Å². The van der Waals surface area contributed by atoms with Crippen molar-refractivity contribution in [3.05, 3.63) is 58.9 Å².